The molecule has 0 bridgehead atoms. The highest BCUT2D eigenvalue weighted by Crippen LogP contribution is 2.20. The van der Waals surface area contributed by atoms with Crippen molar-refractivity contribution in [3.05, 3.63) is 34.2 Å². The van der Waals surface area contributed by atoms with E-state index < -0.39 is 11.1 Å². The van der Waals surface area contributed by atoms with Crippen molar-refractivity contribution in [2.45, 2.75) is 12.7 Å². The van der Waals surface area contributed by atoms with Gasteiger partial charge in [0, 0.05) is 5.75 Å². The summed E-state index contributed by atoms with van der Waals surface area (Å²) in [6, 6.07) is 4.83. The molecule has 0 spiro atoms. The number of nitrogens with zero attached hydrogens (tertiary/aromatic N) is 1. The van der Waals surface area contributed by atoms with E-state index in [1.807, 2.05) is 0 Å². The van der Waals surface area contributed by atoms with Crippen LogP contribution in [0.25, 0.3) is 0 Å². The Balaban J connectivity index is 2.99. The number of aryl methyl sites for hydroxylation is 1. The molecule has 1 aromatic rings. The monoisotopic (exact) mass is 198 g/mol. The average Bonchev–Trinajstić information content (AvgIpc) is 2.07. The maximum atomic E-state index is 10.3. The van der Waals surface area contributed by atoms with Crippen molar-refractivity contribution >= 4 is 16.8 Å². The first kappa shape index (κ1) is 10.0. The third-order valence-electron chi connectivity index (χ3n) is 1.66. The van der Waals surface area contributed by atoms with Crippen LogP contribution in [0, 0.1) is 11.8 Å². The number of nitroso groups, excluding NO2 is 1. The second kappa shape index (κ2) is 4.25. The Labute approximate surface area is 78.2 Å². The van der Waals surface area contributed by atoms with Crippen LogP contribution in [0.1, 0.15) is 11.1 Å². The second-order valence-electron chi connectivity index (χ2n) is 2.66. The van der Waals surface area contributed by atoms with Crippen molar-refractivity contribution in [2.75, 3.05) is 0 Å². The van der Waals surface area contributed by atoms with Gasteiger partial charge < -0.3 is 4.55 Å². The summed E-state index contributed by atoms with van der Waals surface area (Å²) in [6.07, 6.45) is 0. The summed E-state index contributed by atoms with van der Waals surface area (Å²) in [5, 5.41) is 2.79. The molecule has 0 aromatic heterocycles. The molecule has 0 amide bonds. The van der Waals surface area contributed by atoms with Gasteiger partial charge in [-0.05, 0) is 29.3 Å². The Morgan fingerprint density at radius 1 is 1.54 bits per heavy atom. The molecule has 1 rings (SSSR count). The zero-order chi connectivity index (χ0) is 9.84. The third kappa shape index (κ3) is 2.71. The molecule has 1 unspecified atom stereocenters. The van der Waals surface area contributed by atoms with Gasteiger partial charge in [-0.15, -0.1) is 4.91 Å². The summed E-state index contributed by atoms with van der Waals surface area (Å²) in [6.45, 7) is 1.74. The molecule has 1 aromatic carbocycles. The summed E-state index contributed by atoms with van der Waals surface area (Å²) >= 11 is -2.13. The summed E-state index contributed by atoms with van der Waals surface area (Å²) in [7, 11) is 0. The van der Waals surface area contributed by atoms with Gasteiger partial charge in [0.05, 0.1) is 0 Å². The first-order chi connectivity index (χ1) is 6.13. The van der Waals surface area contributed by atoms with Crippen LogP contribution >= 0.6 is 0 Å². The SMILES string of the molecule is Cc1ccc(CS(=O)[O-])cc1N=O. The van der Waals surface area contributed by atoms with Crippen LogP contribution in [0.15, 0.2) is 23.4 Å². The van der Waals surface area contributed by atoms with Gasteiger partial charge in [-0.25, -0.2) is 0 Å². The third-order valence-corrected chi connectivity index (χ3v) is 2.23. The molecule has 0 saturated heterocycles. The van der Waals surface area contributed by atoms with E-state index in [0.717, 1.165) is 5.56 Å². The topological polar surface area (TPSA) is 69.6 Å². The van der Waals surface area contributed by atoms with Crippen LogP contribution in [0.3, 0.4) is 0 Å². The van der Waals surface area contributed by atoms with E-state index >= 15 is 0 Å². The van der Waals surface area contributed by atoms with Gasteiger partial charge in [0.15, 0.2) is 0 Å². The molecule has 0 heterocycles. The Kier molecular flexibility index (Phi) is 3.27. The zero-order valence-corrected chi connectivity index (χ0v) is 7.84. The molecule has 0 aliphatic carbocycles. The Morgan fingerprint density at radius 2 is 2.23 bits per heavy atom. The number of hydrogen-bond donors (Lipinski definition) is 0. The molecular weight excluding hydrogens is 190 g/mol. The number of benzene rings is 1. The van der Waals surface area contributed by atoms with Crippen molar-refractivity contribution in [1.82, 2.24) is 0 Å². The Morgan fingerprint density at radius 3 is 2.77 bits per heavy atom. The number of hydrogen-bond acceptors (Lipinski definition) is 4. The molecule has 0 saturated carbocycles. The van der Waals surface area contributed by atoms with E-state index in [0.29, 0.717) is 11.3 Å². The largest absolute Gasteiger partial charge is 0.772 e. The lowest BCUT2D eigenvalue weighted by molar-refractivity contribution is 0.536. The van der Waals surface area contributed by atoms with Crippen LogP contribution < -0.4 is 0 Å². The highest BCUT2D eigenvalue weighted by atomic mass is 32.2. The Bertz CT molecular complexity index is 351. The molecule has 5 heteroatoms. The first-order valence-corrected chi connectivity index (χ1v) is 4.86. The van der Waals surface area contributed by atoms with E-state index in [2.05, 4.69) is 5.18 Å². The second-order valence-corrected chi connectivity index (χ2v) is 3.56. The molecule has 0 fully saturated rings. The molecule has 0 aliphatic heterocycles. The quantitative estimate of drug-likeness (QED) is 0.549. The minimum atomic E-state index is -2.13. The summed E-state index contributed by atoms with van der Waals surface area (Å²) in [5.74, 6) is -0.0806. The van der Waals surface area contributed by atoms with Gasteiger partial charge in [0.25, 0.3) is 0 Å². The predicted octanol–water partition coefficient (Wildman–Crippen LogP) is 1.77. The lowest BCUT2D eigenvalue weighted by Crippen LogP contribution is -1.93. The maximum Gasteiger partial charge on any atom is 0.111 e. The normalized spacial score (nSPS) is 12.5. The standard InChI is InChI=1S/C8H9NO3S/c1-6-2-3-7(5-13(11)12)4-8(6)9-10/h2-4H,5H2,1H3,(H,11,12)/p-1. The van der Waals surface area contributed by atoms with Crippen molar-refractivity contribution in [1.29, 1.82) is 0 Å². The van der Waals surface area contributed by atoms with Gasteiger partial charge in [0.2, 0.25) is 0 Å². The van der Waals surface area contributed by atoms with Crippen molar-refractivity contribution in [3.63, 3.8) is 0 Å². The van der Waals surface area contributed by atoms with Crippen LogP contribution in [0.2, 0.25) is 0 Å². The zero-order valence-electron chi connectivity index (χ0n) is 7.02. The molecule has 4 nitrogen and oxygen atoms in total. The first-order valence-electron chi connectivity index (χ1n) is 3.62. The lowest BCUT2D eigenvalue weighted by atomic mass is 10.1. The van der Waals surface area contributed by atoms with Crippen LogP contribution in [-0.2, 0) is 16.8 Å². The minimum absolute atomic E-state index is 0.0806. The van der Waals surface area contributed by atoms with E-state index in [9.17, 15) is 13.7 Å². The van der Waals surface area contributed by atoms with Crippen LogP contribution in [0.5, 0.6) is 0 Å². The van der Waals surface area contributed by atoms with Crippen molar-refractivity contribution in [3.8, 4) is 0 Å². The van der Waals surface area contributed by atoms with Gasteiger partial charge in [-0.1, -0.05) is 23.2 Å². The molecule has 1 atom stereocenters. The number of rotatable bonds is 3. The maximum absolute atomic E-state index is 10.3. The molecular formula is C8H8NO3S-. The van der Waals surface area contributed by atoms with Crippen molar-refractivity contribution in [2.24, 2.45) is 5.18 Å². The summed E-state index contributed by atoms with van der Waals surface area (Å²) in [5.41, 5.74) is 1.62. The molecule has 13 heavy (non-hydrogen) atoms. The minimum Gasteiger partial charge on any atom is -0.772 e. The molecule has 0 radical (unpaired) electrons. The van der Waals surface area contributed by atoms with Crippen molar-refractivity contribution < 1.29 is 8.76 Å². The van der Waals surface area contributed by atoms with Gasteiger partial charge in [-0.3, -0.25) is 4.21 Å². The molecule has 70 valence electrons. The predicted molar refractivity (Wildman–Crippen MR) is 49.3 cm³/mol. The van der Waals surface area contributed by atoms with E-state index in [1.165, 1.54) is 6.07 Å². The van der Waals surface area contributed by atoms with Crippen LogP contribution in [-0.4, -0.2) is 8.76 Å². The smallest absolute Gasteiger partial charge is 0.111 e. The highest BCUT2D eigenvalue weighted by molar-refractivity contribution is 7.78. The molecule has 0 aliphatic rings. The summed E-state index contributed by atoms with van der Waals surface area (Å²) in [4.78, 5) is 10.3. The van der Waals surface area contributed by atoms with Gasteiger partial charge in [0.1, 0.15) is 5.69 Å². The Hall–Kier alpha value is -1.07. The molecule has 0 N–H and O–H groups in total. The van der Waals surface area contributed by atoms with E-state index in [4.69, 9.17) is 0 Å². The fourth-order valence-electron chi connectivity index (χ4n) is 0.979. The summed E-state index contributed by atoms with van der Waals surface area (Å²) < 4.78 is 20.7. The van der Waals surface area contributed by atoms with E-state index in [1.54, 1.807) is 19.1 Å². The lowest BCUT2D eigenvalue weighted by Gasteiger charge is -2.05. The van der Waals surface area contributed by atoms with Gasteiger partial charge >= 0.3 is 0 Å². The highest BCUT2D eigenvalue weighted by Gasteiger charge is 2.00. The fraction of sp³-hybridized carbons (Fsp3) is 0.250. The van der Waals surface area contributed by atoms with Gasteiger partial charge in [-0.2, -0.15) is 0 Å². The van der Waals surface area contributed by atoms with E-state index in [-0.39, 0.29) is 5.75 Å². The average molecular weight is 198 g/mol. The fourth-order valence-corrected chi connectivity index (χ4v) is 1.43. The van der Waals surface area contributed by atoms with Crippen LogP contribution in [0.4, 0.5) is 5.69 Å².